The van der Waals surface area contributed by atoms with Crippen molar-refractivity contribution >= 4 is 35.5 Å². The van der Waals surface area contributed by atoms with Gasteiger partial charge < -0.3 is 10.2 Å². The van der Waals surface area contributed by atoms with Gasteiger partial charge >= 0.3 is 0 Å². The minimum atomic E-state index is 0. The molecule has 0 saturated heterocycles. The summed E-state index contributed by atoms with van der Waals surface area (Å²) in [5, 5.41) is 7.97. The van der Waals surface area contributed by atoms with E-state index in [2.05, 4.69) is 76.3 Å². The Morgan fingerprint density at radius 1 is 1.21 bits per heavy atom. The zero-order valence-corrected chi connectivity index (χ0v) is 19.5. The fourth-order valence-electron chi connectivity index (χ4n) is 3.51. The van der Waals surface area contributed by atoms with E-state index in [4.69, 9.17) is 4.99 Å². The fraction of sp³-hybridized carbons (Fsp3) is 0.455. The van der Waals surface area contributed by atoms with Crippen LogP contribution in [0, 0.1) is 13.8 Å². The molecule has 152 valence electrons. The number of rotatable bonds is 6. The van der Waals surface area contributed by atoms with E-state index < -0.39 is 0 Å². The number of nitrogens with one attached hydrogen (secondary N) is 1. The van der Waals surface area contributed by atoms with Gasteiger partial charge in [0.05, 0.1) is 5.69 Å². The molecule has 28 heavy (non-hydrogen) atoms. The second-order valence-electron chi connectivity index (χ2n) is 7.03. The Kier molecular flexibility index (Phi) is 9.02. The van der Waals surface area contributed by atoms with Crippen molar-refractivity contribution in [2.75, 3.05) is 26.2 Å². The number of hydrogen-bond acceptors (Lipinski definition) is 2. The Morgan fingerprint density at radius 2 is 2.00 bits per heavy atom. The molecule has 0 atom stereocenters. The number of guanidine groups is 1. The largest absolute Gasteiger partial charge is 0.357 e. The molecule has 0 amide bonds. The molecular formula is C22H32IN5. The van der Waals surface area contributed by atoms with Crippen molar-refractivity contribution in [2.45, 2.75) is 40.2 Å². The lowest BCUT2D eigenvalue weighted by molar-refractivity contribution is 0.439. The second-order valence-corrected chi connectivity index (χ2v) is 7.03. The zero-order valence-electron chi connectivity index (χ0n) is 17.2. The van der Waals surface area contributed by atoms with Gasteiger partial charge in [-0.2, -0.15) is 5.10 Å². The smallest absolute Gasteiger partial charge is 0.194 e. The first-order valence-electron chi connectivity index (χ1n) is 9.96. The third-order valence-corrected chi connectivity index (χ3v) is 4.88. The zero-order chi connectivity index (χ0) is 19.1. The Hall–Kier alpha value is -1.83. The fourth-order valence-corrected chi connectivity index (χ4v) is 3.51. The van der Waals surface area contributed by atoms with Gasteiger partial charge in [0, 0.05) is 38.4 Å². The van der Waals surface area contributed by atoms with Gasteiger partial charge in [0.15, 0.2) is 5.96 Å². The maximum absolute atomic E-state index is 4.85. The van der Waals surface area contributed by atoms with E-state index in [1.807, 2.05) is 6.92 Å². The number of aryl methyl sites for hydroxylation is 3. The first kappa shape index (κ1) is 22.5. The first-order valence-corrected chi connectivity index (χ1v) is 9.96. The molecule has 0 spiro atoms. The highest BCUT2D eigenvalue weighted by molar-refractivity contribution is 14.0. The lowest BCUT2D eigenvalue weighted by Crippen LogP contribution is -2.43. The lowest BCUT2D eigenvalue weighted by Gasteiger charge is -2.30. The standard InChI is InChI=1S/C22H31N5.HI/c1-4-23-22(24-13-8-14-27-19(3)17-18(2)25-27)26-15-11-21(12-16-26)20-9-6-5-7-10-20;/h5-7,9-11,17H,4,8,12-16H2,1-3H3,(H,23,24);1H. The van der Waals surface area contributed by atoms with Crippen LogP contribution in [0.1, 0.15) is 36.7 Å². The maximum Gasteiger partial charge on any atom is 0.194 e. The van der Waals surface area contributed by atoms with Gasteiger partial charge in [-0.05, 0) is 50.8 Å². The van der Waals surface area contributed by atoms with Gasteiger partial charge in [-0.1, -0.05) is 36.4 Å². The van der Waals surface area contributed by atoms with Gasteiger partial charge in [-0.3, -0.25) is 9.67 Å². The van der Waals surface area contributed by atoms with E-state index in [1.165, 1.54) is 16.8 Å². The summed E-state index contributed by atoms with van der Waals surface area (Å²) in [6.45, 7) is 10.8. The van der Waals surface area contributed by atoms with Crippen LogP contribution in [0.25, 0.3) is 5.57 Å². The highest BCUT2D eigenvalue weighted by Gasteiger charge is 2.15. The molecule has 0 saturated carbocycles. The molecule has 2 heterocycles. The van der Waals surface area contributed by atoms with Crippen LogP contribution in [0.2, 0.25) is 0 Å². The molecule has 0 aliphatic carbocycles. The summed E-state index contributed by atoms with van der Waals surface area (Å²) in [7, 11) is 0. The van der Waals surface area contributed by atoms with Crippen LogP contribution in [-0.4, -0.2) is 46.8 Å². The van der Waals surface area contributed by atoms with Crippen molar-refractivity contribution in [1.82, 2.24) is 20.0 Å². The van der Waals surface area contributed by atoms with Gasteiger partial charge in [0.25, 0.3) is 0 Å². The average molecular weight is 493 g/mol. The molecule has 0 fully saturated rings. The first-order chi connectivity index (χ1) is 13.2. The number of benzene rings is 1. The minimum Gasteiger partial charge on any atom is -0.357 e. The van der Waals surface area contributed by atoms with Gasteiger partial charge in [0.2, 0.25) is 0 Å². The number of aliphatic imine (C=N–C) groups is 1. The lowest BCUT2D eigenvalue weighted by atomic mass is 10.00. The molecule has 5 nitrogen and oxygen atoms in total. The second kappa shape index (κ2) is 11.2. The third-order valence-electron chi connectivity index (χ3n) is 4.88. The van der Waals surface area contributed by atoms with Crippen LogP contribution < -0.4 is 5.32 Å². The predicted octanol–water partition coefficient (Wildman–Crippen LogP) is 4.26. The van der Waals surface area contributed by atoms with Crippen LogP contribution in [0.4, 0.5) is 0 Å². The molecular weight excluding hydrogens is 461 g/mol. The van der Waals surface area contributed by atoms with Crippen molar-refractivity contribution in [3.8, 4) is 0 Å². The van der Waals surface area contributed by atoms with Gasteiger partial charge in [0.1, 0.15) is 0 Å². The quantitative estimate of drug-likeness (QED) is 0.283. The summed E-state index contributed by atoms with van der Waals surface area (Å²) in [6.07, 6.45) is 4.39. The average Bonchev–Trinajstić information content (AvgIpc) is 3.02. The van der Waals surface area contributed by atoms with E-state index in [-0.39, 0.29) is 24.0 Å². The van der Waals surface area contributed by atoms with E-state index in [9.17, 15) is 0 Å². The van der Waals surface area contributed by atoms with Crippen LogP contribution >= 0.6 is 24.0 Å². The van der Waals surface area contributed by atoms with Crippen molar-refractivity contribution < 1.29 is 0 Å². The number of nitrogens with zero attached hydrogens (tertiary/aromatic N) is 4. The van der Waals surface area contributed by atoms with E-state index in [1.54, 1.807) is 0 Å². The number of halogens is 1. The molecule has 1 aliphatic rings. The van der Waals surface area contributed by atoms with Crippen LogP contribution in [-0.2, 0) is 6.54 Å². The molecule has 2 aromatic rings. The summed E-state index contributed by atoms with van der Waals surface area (Å²) in [5.74, 6) is 1.02. The number of hydrogen-bond donors (Lipinski definition) is 1. The molecule has 1 aromatic carbocycles. The molecule has 1 aromatic heterocycles. The van der Waals surface area contributed by atoms with Crippen molar-refractivity contribution in [3.05, 3.63) is 59.4 Å². The summed E-state index contributed by atoms with van der Waals surface area (Å²) >= 11 is 0. The molecule has 1 aliphatic heterocycles. The minimum absolute atomic E-state index is 0. The Balaban J connectivity index is 0.00000280. The molecule has 0 bridgehead atoms. The summed E-state index contributed by atoms with van der Waals surface area (Å²) in [4.78, 5) is 7.19. The van der Waals surface area contributed by atoms with Crippen molar-refractivity contribution in [2.24, 2.45) is 4.99 Å². The topological polar surface area (TPSA) is 45.5 Å². The molecule has 6 heteroatoms. The maximum atomic E-state index is 4.85. The van der Waals surface area contributed by atoms with E-state index in [0.29, 0.717) is 0 Å². The highest BCUT2D eigenvalue weighted by atomic mass is 127. The summed E-state index contributed by atoms with van der Waals surface area (Å²) < 4.78 is 2.08. The normalized spacial score (nSPS) is 14.5. The molecule has 0 radical (unpaired) electrons. The van der Waals surface area contributed by atoms with Crippen molar-refractivity contribution in [1.29, 1.82) is 0 Å². The Morgan fingerprint density at radius 3 is 2.61 bits per heavy atom. The van der Waals surface area contributed by atoms with Gasteiger partial charge in [-0.15, -0.1) is 24.0 Å². The van der Waals surface area contributed by atoms with Crippen LogP contribution in [0.5, 0.6) is 0 Å². The SMILES string of the molecule is CCNC(=NCCCn1nc(C)cc1C)N1CC=C(c2ccccc2)CC1.I. The number of aromatic nitrogens is 2. The summed E-state index contributed by atoms with van der Waals surface area (Å²) in [5.41, 5.74) is 5.08. The van der Waals surface area contributed by atoms with Crippen LogP contribution in [0.15, 0.2) is 47.5 Å². The monoisotopic (exact) mass is 493 g/mol. The molecule has 1 N–H and O–H groups in total. The highest BCUT2D eigenvalue weighted by Crippen LogP contribution is 2.21. The van der Waals surface area contributed by atoms with Gasteiger partial charge in [-0.25, -0.2) is 0 Å². The van der Waals surface area contributed by atoms with E-state index >= 15 is 0 Å². The van der Waals surface area contributed by atoms with Crippen LogP contribution in [0.3, 0.4) is 0 Å². The Labute approximate surface area is 185 Å². The summed E-state index contributed by atoms with van der Waals surface area (Å²) in [6, 6.07) is 12.8. The van der Waals surface area contributed by atoms with Crippen molar-refractivity contribution in [3.63, 3.8) is 0 Å². The molecule has 0 unspecified atom stereocenters. The van der Waals surface area contributed by atoms with E-state index in [0.717, 1.165) is 57.2 Å². The predicted molar refractivity (Wildman–Crippen MR) is 128 cm³/mol. The Bertz CT molecular complexity index is 795. The molecule has 3 rings (SSSR count). The third kappa shape index (κ3) is 6.09.